The van der Waals surface area contributed by atoms with Gasteiger partial charge in [-0.1, -0.05) is 31.2 Å². The molecule has 0 radical (unpaired) electrons. The molecule has 7 nitrogen and oxygen atoms in total. The normalized spacial score (nSPS) is 14.5. The predicted octanol–water partition coefficient (Wildman–Crippen LogP) is 1.86. The Bertz CT molecular complexity index is 819. The molecule has 2 aromatic rings. The zero-order chi connectivity index (χ0) is 20.6. The number of likely N-dealkylation sites (N-methyl/N-ethyl adjacent to an activating group) is 1. The second kappa shape index (κ2) is 10.0. The highest BCUT2D eigenvalue weighted by Crippen LogP contribution is 2.15. The fourth-order valence-electron chi connectivity index (χ4n) is 3.43. The van der Waals surface area contributed by atoms with Crippen LogP contribution in [-0.4, -0.2) is 72.9 Å². The molecule has 0 spiro atoms. The van der Waals surface area contributed by atoms with E-state index in [1.807, 2.05) is 49.4 Å². The second-order valence-electron chi connectivity index (χ2n) is 7.26. The van der Waals surface area contributed by atoms with Gasteiger partial charge < -0.3 is 15.1 Å². The van der Waals surface area contributed by atoms with E-state index < -0.39 is 0 Å². The van der Waals surface area contributed by atoms with Crippen LogP contribution in [0.15, 0.2) is 48.7 Å². The van der Waals surface area contributed by atoms with Gasteiger partial charge in [-0.05, 0) is 30.2 Å². The number of para-hydroxylation sites is 1. The Labute approximate surface area is 172 Å². The molecule has 3 rings (SSSR count). The quantitative estimate of drug-likeness (QED) is 0.775. The molecule has 2 amide bonds. The monoisotopic (exact) mass is 395 g/mol. The lowest BCUT2D eigenvalue weighted by atomic mass is 10.1. The molecule has 2 heterocycles. The van der Waals surface area contributed by atoms with E-state index in [1.54, 1.807) is 13.2 Å². The van der Waals surface area contributed by atoms with Crippen molar-refractivity contribution in [1.29, 1.82) is 0 Å². The zero-order valence-electron chi connectivity index (χ0n) is 17.2. The molecule has 0 bridgehead atoms. The van der Waals surface area contributed by atoms with Crippen LogP contribution in [0.4, 0.5) is 11.5 Å². The zero-order valence-corrected chi connectivity index (χ0v) is 17.2. The molecule has 154 valence electrons. The number of carbonyl (C=O) groups is 2. The first-order valence-electron chi connectivity index (χ1n) is 10.1. The molecular formula is C22H29N5O2. The molecule has 29 heavy (non-hydrogen) atoms. The maximum absolute atomic E-state index is 12.6. The summed E-state index contributed by atoms with van der Waals surface area (Å²) >= 11 is 0. The fraction of sp³-hybridized carbons (Fsp3) is 0.409. The van der Waals surface area contributed by atoms with Crippen molar-refractivity contribution in [3.05, 3.63) is 54.2 Å². The molecule has 0 saturated carbocycles. The van der Waals surface area contributed by atoms with Crippen LogP contribution in [0.1, 0.15) is 12.5 Å². The Hall–Kier alpha value is -2.93. The van der Waals surface area contributed by atoms with Crippen molar-refractivity contribution in [1.82, 2.24) is 14.8 Å². The third-order valence-corrected chi connectivity index (χ3v) is 5.18. The van der Waals surface area contributed by atoms with Crippen LogP contribution < -0.4 is 10.2 Å². The summed E-state index contributed by atoms with van der Waals surface area (Å²) in [7, 11) is 1.68. The number of rotatable bonds is 7. The fourth-order valence-corrected chi connectivity index (χ4v) is 3.43. The topological polar surface area (TPSA) is 68.8 Å². The summed E-state index contributed by atoms with van der Waals surface area (Å²) in [4.78, 5) is 35.1. The second-order valence-corrected chi connectivity index (χ2v) is 7.26. The SMILES string of the molecule is CCc1ccccc1NC(=O)CN(C)C(=O)CN1CCN(c2ccccn2)CC1. The van der Waals surface area contributed by atoms with Gasteiger partial charge in [0.1, 0.15) is 5.82 Å². The van der Waals surface area contributed by atoms with Crippen molar-refractivity contribution < 1.29 is 9.59 Å². The van der Waals surface area contributed by atoms with E-state index in [1.165, 1.54) is 4.90 Å². The van der Waals surface area contributed by atoms with Gasteiger partial charge in [-0.3, -0.25) is 14.5 Å². The number of benzene rings is 1. The number of amides is 2. The third kappa shape index (κ3) is 5.77. The van der Waals surface area contributed by atoms with Gasteiger partial charge in [-0.25, -0.2) is 4.98 Å². The average molecular weight is 396 g/mol. The van der Waals surface area contributed by atoms with Crippen LogP contribution in [0.2, 0.25) is 0 Å². The largest absolute Gasteiger partial charge is 0.354 e. The van der Waals surface area contributed by atoms with Gasteiger partial charge in [-0.15, -0.1) is 0 Å². The van der Waals surface area contributed by atoms with E-state index in [-0.39, 0.29) is 18.4 Å². The van der Waals surface area contributed by atoms with Crippen molar-refractivity contribution >= 4 is 23.3 Å². The summed E-state index contributed by atoms with van der Waals surface area (Å²) in [5, 5.41) is 2.91. The molecule has 1 saturated heterocycles. The van der Waals surface area contributed by atoms with Gasteiger partial charge in [0.05, 0.1) is 13.1 Å². The maximum atomic E-state index is 12.6. The van der Waals surface area contributed by atoms with Gasteiger partial charge in [0.15, 0.2) is 0 Å². The number of aryl methyl sites for hydroxylation is 1. The number of piperazine rings is 1. The molecule has 1 N–H and O–H groups in total. The van der Waals surface area contributed by atoms with Crippen molar-refractivity contribution in [2.45, 2.75) is 13.3 Å². The summed E-state index contributed by atoms with van der Waals surface area (Å²) in [6.45, 7) is 5.69. The van der Waals surface area contributed by atoms with Gasteiger partial charge in [-0.2, -0.15) is 0 Å². The van der Waals surface area contributed by atoms with Crippen LogP contribution in [0.5, 0.6) is 0 Å². The number of nitrogens with zero attached hydrogens (tertiary/aromatic N) is 4. The Kier molecular flexibility index (Phi) is 7.19. The Morgan fingerprint density at radius 2 is 1.79 bits per heavy atom. The minimum absolute atomic E-state index is 0.0461. The Morgan fingerprint density at radius 1 is 1.07 bits per heavy atom. The number of carbonyl (C=O) groups excluding carboxylic acids is 2. The first kappa shape index (κ1) is 20.8. The van der Waals surface area contributed by atoms with E-state index in [4.69, 9.17) is 0 Å². The molecule has 7 heteroatoms. The van der Waals surface area contributed by atoms with E-state index in [2.05, 4.69) is 20.1 Å². The van der Waals surface area contributed by atoms with Gasteiger partial charge >= 0.3 is 0 Å². The van der Waals surface area contributed by atoms with Crippen LogP contribution >= 0.6 is 0 Å². The number of aromatic nitrogens is 1. The number of pyridine rings is 1. The lowest BCUT2D eigenvalue weighted by Gasteiger charge is -2.35. The lowest BCUT2D eigenvalue weighted by Crippen LogP contribution is -2.50. The molecule has 0 atom stereocenters. The van der Waals surface area contributed by atoms with Crippen molar-refractivity contribution in [2.75, 3.05) is 56.5 Å². The third-order valence-electron chi connectivity index (χ3n) is 5.18. The highest BCUT2D eigenvalue weighted by atomic mass is 16.2. The van der Waals surface area contributed by atoms with Crippen LogP contribution in [0.25, 0.3) is 0 Å². The highest BCUT2D eigenvalue weighted by Gasteiger charge is 2.22. The van der Waals surface area contributed by atoms with Crippen LogP contribution in [0.3, 0.4) is 0 Å². The number of anilines is 2. The smallest absolute Gasteiger partial charge is 0.243 e. The lowest BCUT2D eigenvalue weighted by molar-refractivity contribution is -0.134. The number of hydrogen-bond acceptors (Lipinski definition) is 5. The summed E-state index contributed by atoms with van der Waals surface area (Å²) in [6, 6.07) is 13.6. The Morgan fingerprint density at radius 3 is 2.48 bits per heavy atom. The standard InChI is InChI=1S/C22H29N5O2/c1-3-18-8-4-5-9-19(18)24-21(28)16-25(2)22(29)17-26-12-14-27(15-13-26)20-10-6-7-11-23-20/h4-11H,3,12-17H2,1-2H3,(H,24,28). The average Bonchev–Trinajstić information content (AvgIpc) is 2.75. The maximum Gasteiger partial charge on any atom is 0.243 e. The summed E-state index contributed by atoms with van der Waals surface area (Å²) in [5.41, 5.74) is 1.90. The summed E-state index contributed by atoms with van der Waals surface area (Å²) in [5.74, 6) is 0.747. The molecule has 0 aliphatic carbocycles. The molecule has 0 unspecified atom stereocenters. The molecule has 1 fully saturated rings. The van der Waals surface area contributed by atoms with Crippen LogP contribution in [-0.2, 0) is 16.0 Å². The minimum Gasteiger partial charge on any atom is -0.354 e. The highest BCUT2D eigenvalue weighted by molar-refractivity contribution is 5.95. The van der Waals surface area contributed by atoms with Crippen LogP contribution in [0, 0.1) is 0 Å². The van der Waals surface area contributed by atoms with Gasteiger partial charge in [0.2, 0.25) is 11.8 Å². The van der Waals surface area contributed by atoms with E-state index in [0.29, 0.717) is 6.54 Å². The summed E-state index contributed by atoms with van der Waals surface area (Å²) in [6.07, 6.45) is 2.64. The molecule has 1 aromatic carbocycles. The molecule has 1 aliphatic rings. The van der Waals surface area contributed by atoms with E-state index in [0.717, 1.165) is 49.7 Å². The minimum atomic E-state index is -0.179. The number of hydrogen-bond donors (Lipinski definition) is 1. The van der Waals surface area contributed by atoms with Gasteiger partial charge in [0, 0.05) is 45.1 Å². The van der Waals surface area contributed by atoms with E-state index >= 15 is 0 Å². The number of nitrogens with one attached hydrogen (secondary N) is 1. The molecular weight excluding hydrogens is 366 g/mol. The first-order chi connectivity index (χ1) is 14.1. The predicted molar refractivity (Wildman–Crippen MR) is 115 cm³/mol. The van der Waals surface area contributed by atoms with Crippen molar-refractivity contribution in [3.8, 4) is 0 Å². The summed E-state index contributed by atoms with van der Waals surface area (Å²) < 4.78 is 0. The van der Waals surface area contributed by atoms with Crippen molar-refractivity contribution in [2.24, 2.45) is 0 Å². The van der Waals surface area contributed by atoms with Gasteiger partial charge in [0.25, 0.3) is 0 Å². The first-order valence-corrected chi connectivity index (χ1v) is 10.1. The van der Waals surface area contributed by atoms with E-state index in [9.17, 15) is 9.59 Å². The Balaban J connectivity index is 1.44. The molecule has 1 aliphatic heterocycles. The molecule has 1 aromatic heterocycles. The van der Waals surface area contributed by atoms with Crippen molar-refractivity contribution in [3.63, 3.8) is 0 Å².